The highest BCUT2D eigenvalue weighted by Crippen LogP contribution is 2.27. The Morgan fingerprint density at radius 2 is 1.79 bits per heavy atom. The molecular formula is C19H28N4O. The summed E-state index contributed by atoms with van der Waals surface area (Å²) in [6, 6.07) is 4.41. The van der Waals surface area contributed by atoms with Gasteiger partial charge in [0.25, 0.3) is 0 Å². The van der Waals surface area contributed by atoms with Crippen LogP contribution in [0.25, 0.3) is 0 Å². The largest absolute Gasteiger partial charge is 0.443 e. The Morgan fingerprint density at radius 3 is 2.38 bits per heavy atom. The molecule has 0 saturated carbocycles. The number of hydrogen-bond acceptors (Lipinski definition) is 5. The predicted molar refractivity (Wildman–Crippen MR) is 94.7 cm³/mol. The average molecular weight is 328 g/mol. The van der Waals surface area contributed by atoms with Crippen molar-refractivity contribution in [1.82, 2.24) is 19.8 Å². The molecule has 0 spiro atoms. The second-order valence-corrected chi connectivity index (χ2v) is 7.66. The van der Waals surface area contributed by atoms with E-state index < -0.39 is 0 Å². The van der Waals surface area contributed by atoms with Gasteiger partial charge in [-0.1, -0.05) is 20.8 Å². The number of nitrogens with zero attached hydrogens (tertiary/aromatic N) is 4. The van der Waals surface area contributed by atoms with Crippen LogP contribution in [0.1, 0.15) is 51.0 Å². The SMILES string of the molecule is C[C@H](c1ncc(C(C)(C)C)o1)N1CCN(Cc2ccncc2)CC1. The van der Waals surface area contributed by atoms with E-state index in [-0.39, 0.29) is 11.5 Å². The van der Waals surface area contributed by atoms with Gasteiger partial charge in [0.1, 0.15) is 5.76 Å². The van der Waals surface area contributed by atoms with E-state index in [9.17, 15) is 0 Å². The van der Waals surface area contributed by atoms with E-state index in [1.165, 1.54) is 5.56 Å². The molecule has 2 aromatic rings. The minimum Gasteiger partial charge on any atom is -0.443 e. The van der Waals surface area contributed by atoms with E-state index >= 15 is 0 Å². The van der Waals surface area contributed by atoms with Crippen molar-refractivity contribution in [2.75, 3.05) is 26.2 Å². The van der Waals surface area contributed by atoms with Gasteiger partial charge >= 0.3 is 0 Å². The Balaban J connectivity index is 1.55. The second-order valence-electron chi connectivity index (χ2n) is 7.66. The molecule has 24 heavy (non-hydrogen) atoms. The van der Waals surface area contributed by atoms with Crippen molar-refractivity contribution < 1.29 is 4.42 Å². The lowest BCUT2D eigenvalue weighted by molar-refractivity contribution is 0.0863. The first-order valence-corrected chi connectivity index (χ1v) is 8.75. The quantitative estimate of drug-likeness (QED) is 0.862. The fourth-order valence-corrected chi connectivity index (χ4v) is 3.04. The van der Waals surface area contributed by atoms with Gasteiger partial charge in [-0.15, -0.1) is 0 Å². The van der Waals surface area contributed by atoms with Gasteiger partial charge in [0.15, 0.2) is 0 Å². The second kappa shape index (κ2) is 7.03. The monoisotopic (exact) mass is 328 g/mol. The normalized spacial score (nSPS) is 18.7. The van der Waals surface area contributed by atoms with E-state index in [1.54, 1.807) is 0 Å². The highest BCUT2D eigenvalue weighted by atomic mass is 16.4. The number of pyridine rings is 1. The zero-order valence-corrected chi connectivity index (χ0v) is 15.2. The van der Waals surface area contributed by atoms with Crippen LogP contribution in [0, 0.1) is 0 Å². The van der Waals surface area contributed by atoms with E-state index in [4.69, 9.17) is 4.42 Å². The van der Waals surface area contributed by atoms with Gasteiger partial charge in [-0.25, -0.2) is 4.98 Å². The molecule has 2 aromatic heterocycles. The number of piperazine rings is 1. The van der Waals surface area contributed by atoms with E-state index in [0.29, 0.717) is 0 Å². The van der Waals surface area contributed by atoms with Gasteiger partial charge in [0, 0.05) is 50.5 Å². The molecular weight excluding hydrogens is 300 g/mol. The standard InChI is InChI=1S/C19H28N4O/c1-15(18-21-13-17(24-18)19(2,3)4)23-11-9-22(10-12-23)14-16-5-7-20-8-6-16/h5-8,13,15H,9-12,14H2,1-4H3/t15-/m1/s1. The Bertz CT molecular complexity index is 639. The van der Waals surface area contributed by atoms with E-state index in [0.717, 1.165) is 44.4 Å². The van der Waals surface area contributed by atoms with Crippen LogP contribution in [0.4, 0.5) is 0 Å². The molecule has 1 atom stereocenters. The van der Waals surface area contributed by atoms with E-state index in [2.05, 4.69) is 59.6 Å². The van der Waals surface area contributed by atoms with Crippen LogP contribution >= 0.6 is 0 Å². The third kappa shape index (κ3) is 4.02. The summed E-state index contributed by atoms with van der Waals surface area (Å²) in [5, 5.41) is 0. The highest BCUT2D eigenvalue weighted by molar-refractivity contribution is 5.10. The van der Waals surface area contributed by atoms with Crippen molar-refractivity contribution in [2.24, 2.45) is 0 Å². The maximum absolute atomic E-state index is 6.01. The predicted octanol–water partition coefficient (Wildman–Crippen LogP) is 3.25. The van der Waals surface area contributed by atoms with Crippen LogP contribution in [0.3, 0.4) is 0 Å². The van der Waals surface area contributed by atoms with Crippen molar-refractivity contribution in [3.8, 4) is 0 Å². The topological polar surface area (TPSA) is 45.4 Å². The smallest absolute Gasteiger partial charge is 0.211 e. The summed E-state index contributed by atoms with van der Waals surface area (Å²) in [5.74, 6) is 1.79. The number of hydrogen-bond donors (Lipinski definition) is 0. The summed E-state index contributed by atoms with van der Waals surface area (Å²) in [6.45, 7) is 13.9. The summed E-state index contributed by atoms with van der Waals surface area (Å²) >= 11 is 0. The van der Waals surface area contributed by atoms with Gasteiger partial charge in [0.2, 0.25) is 5.89 Å². The maximum Gasteiger partial charge on any atom is 0.211 e. The zero-order chi connectivity index (χ0) is 17.2. The first kappa shape index (κ1) is 17.1. The minimum absolute atomic E-state index is 0.00814. The lowest BCUT2D eigenvalue weighted by Crippen LogP contribution is -2.46. The molecule has 0 aromatic carbocycles. The number of rotatable bonds is 4. The first-order chi connectivity index (χ1) is 11.4. The van der Waals surface area contributed by atoms with Crippen LogP contribution in [-0.2, 0) is 12.0 Å². The van der Waals surface area contributed by atoms with E-state index in [1.807, 2.05) is 18.6 Å². The molecule has 1 fully saturated rings. The van der Waals surface area contributed by atoms with Crippen LogP contribution in [0.5, 0.6) is 0 Å². The summed E-state index contributed by atoms with van der Waals surface area (Å²) < 4.78 is 6.01. The third-order valence-corrected chi connectivity index (χ3v) is 4.73. The molecule has 3 heterocycles. The maximum atomic E-state index is 6.01. The lowest BCUT2D eigenvalue weighted by Gasteiger charge is -2.37. The summed E-state index contributed by atoms with van der Waals surface area (Å²) in [6.07, 6.45) is 5.61. The molecule has 0 radical (unpaired) electrons. The van der Waals surface area contributed by atoms with Gasteiger partial charge in [-0.05, 0) is 24.6 Å². The van der Waals surface area contributed by atoms with Crippen molar-refractivity contribution in [2.45, 2.75) is 45.7 Å². The van der Waals surface area contributed by atoms with Crippen molar-refractivity contribution >= 4 is 0 Å². The summed E-state index contributed by atoms with van der Waals surface area (Å²) in [5.41, 5.74) is 1.34. The van der Waals surface area contributed by atoms with Crippen LogP contribution in [-0.4, -0.2) is 45.9 Å². The summed E-state index contributed by atoms with van der Waals surface area (Å²) in [4.78, 5) is 13.6. The zero-order valence-electron chi connectivity index (χ0n) is 15.2. The van der Waals surface area contributed by atoms with Crippen molar-refractivity contribution in [3.05, 3.63) is 47.9 Å². The Labute approximate surface area is 144 Å². The third-order valence-electron chi connectivity index (χ3n) is 4.73. The molecule has 5 heteroatoms. The molecule has 1 aliphatic heterocycles. The molecule has 0 unspecified atom stereocenters. The minimum atomic E-state index is 0.00814. The summed E-state index contributed by atoms with van der Waals surface area (Å²) in [7, 11) is 0. The molecule has 0 amide bonds. The van der Waals surface area contributed by atoms with Crippen LogP contribution in [0.15, 0.2) is 35.1 Å². The Hall–Kier alpha value is -1.72. The molecule has 0 bridgehead atoms. The molecule has 5 nitrogen and oxygen atoms in total. The fourth-order valence-electron chi connectivity index (χ4n) is 3.04. The Kier molecular flexibility index (Phi) is 5.01. The van der Waals surface area contributed by atoms with Gasteiger partial charge in [0.05, 0.1) is 12.2 Å². The first-order valence-electron chi connectivity index (χ1n) is 8.75. The Morgan fingerprint density at radius 1 is 1.12 bits per heavy atom. The van der Waals surface area contributed by atoms with Crippen LogP contribution in [0.2, 0.25) is 0 Å². The molecule has 0 aliphatic carbocycles. The molecule has 1 saturated heterocycles. The fraction of sp³-hybridized carbons (Fsp3) is 0.579. The highest BCUT2D eigenvalue weighted by Gasteiger charge is 2.27. The molecule has 0 N–H and O–H groups in total. The van der Waals surface area contributed by atoms with Gasteiger partial charge < -0.3 is 4.42 Å². The van der Waals surface area contributed by atoms with Gasteiger partial charge in [-0.3, -0.25) is 14.8 Å². The number of aromatic nitrogens is 2. The molecule has 3 rings (SSSR count). The number of oxazole rings is 1. The molecule has 1 aliphatic rings. The average Bonchev–Trinajstić information content (AvgIpc) is 3.06. The van der Waals surface area contributed by atoms with Crippen molar-refractivity contribution in [3.63, 3.8) is 0 Å². The van der Waals surface area contributed by atoms with Crippen molar-refractivity contribution in [1.29, 1.82) is 0 Å². The van der Waals surface area contributed by atoms with Crippen LogP contribution < -0.4 is 0 Å². The molecule has 130 valence electrons. The lowest BCUT2D eigenvalue weighted by atomic mass is 9.94. The van der Waals surface area contributed by atoms with Gasteiger partial charge in [-0.2, -0.15) is 0 Å².